The lowest BCUT2D eigenvalue weighted by Crippen LogP contribution is -2.19. The molecule has 11 heteroatoms. The standard InChI is InChI=1S/C17H14ClFN4O4S/c1-20-17(24)27-10-12-7-16(23(22-12)15-5-3-2-4-14(15)18)28(25,26)13-6-11(19)8-21-9-13/h2-9H,10H2,1H3,(H,20,24). The lowest BCUT2D eigenvalue weighted by Gasteiger charge is -2.09. The third-order valence-corrected chi connectivity index (χ3v) is 5.63. The minimum Gasteiger partial charge on any atom is -0.443 e. The van der Waals surface area contributed by atoms with Crippen molar-refractivity contribution in [3.8, 4) is 5.69 Å². The van der Waals surface area contributed by atoms with Crippen LogP contribution in [0.4, 0.5) is 9.18 Å². The second-order valence-electron chi connectivity index (χ2n) is 5.51. The van der Waals surface area contributed by atoms with Crippen LogP contribution in [0.15, 0.2) is 58.7 Å². The number of benzene rings is 1. The number of hydrogen-bond donors (Lipinski definition) is 1. The number of carbonyl (C=O) groups is 1. The van der Waals surface area contributed by atoms with Crippen LogP contribution >= 0.6 is 11.6 Å². The predicted molar refractivity (Wildman–Crippen MR) is 97.5 cm³/mol. The molecule has 0 unspecified atom stereocenters. The van der Waals surface area contributed by atoms with Gasteiger partial charge in [-0.05, 0) is 18.2 Å². The van der Waals surface area contributed by atoms with Crippen LogP contribution in [0.1, 0.15) is 5.69 Å². The highest BCUT2D eigenvalue weighted by Crippen LogP contribution is 2.28. The van der Waals surface area contributed by atoms with E-state index in [2.05, 4.69) is 15.4 Å². The summed E-state index contributed by atoms with van der Waals surface area (Å²) >= 11 is 6.19. The average Bonchev–Trinajstić information content (AvgIpc) is 3.11. The molecule has 1 aromatic carbocycles. The van der Waals surface area contributed by atoms with E-state index in [9.17, 15) is 17.6 Å². The second kappa shape index (κ2) is 7.95. The highest BCUT2D eigenvalue weighted by atomic mass is 35.5. The van der Waals surface area contributed by atoms with Gasteiger partial charge in [-0.2, -0.15) is 5.10 Å². The summed E-state index contributed by atoms with van der Waals surface area (Å²) in [6.07, 6.45) is 1.22. The van der Waals surface area contributed by atoms with Crippen LogP contribution in [0, 0.1) is 5.82 Å². The van der Waals surface area contributed by atoms with Gasteiger partial charge in [0.2, 0.25) is 9.84 Å². The fraction of sp³-hybridized carbons (Fsp3) is 0.118. The molecule has 0 aliphatic carbocycles. The van der Waals surface area contributed by atoms with Crippen molar-refractivity contribution in [1.29, 1.82) is 0 Å². The Hall–Kier alpha value is -2.98. The number of amides is 1. The number of ether oxygens (including phenoxy) is 1. The number of alkyl carbamates (subject to hydrolysis) is 1. The molecule has 0 saturated carbocycles. The van der Waals surface area contributed by atoms with Crippen molar-refractivity contribution in [3.05, 3.63) is 65.3 Å². The van der Waals surface area contributed by atoms with Crippen LogP contribution in [-0.4, -0.2) is 36.3 Å². The summed E-state index contributed by atoms with van der Waals surface area (Å²) in [5.74, 6) is -0.798. The molecule has 146 valence electrons. The predicted octanol–water partition coefficient (Wildman–Crippen LogP) is 2.75. The van der Waals surface area contributed by atoms with Crippen molar-refractivity contribution in [2.24, 2.45) is 0 Å². The largest absolute Gasteiger partial charge is 0.443 e. The number of rotatable bonds is 5. The molecule has 2 aromatic heterocycles. The average molecular weight is 425 g/mol. The van der Waals surface area contributed by atoms with Crippen LogP contribution in [0.5, 0.6) is 0 Å². The maximum absolute atomic E-state index is 13.5. The van der Waals surface area contributed by atoms with Crippen molar-refractivity contribution >= 4 is 27.5 Å². The molecule has 3 aromatic rings. The van der Waals surface area contributed by atoms with Gasteiger partial charge < -0.3 is 10.1 Å². The molecule has 0 spiro atoms. The maximum atomic E-state index is 13.5. The van der Waals surface area contributed by atoms with E-state index >= 15 is 0 Å². The highest BCUT2D eigenvalue weighted by molar-refractivity contribution is 7.91. The number of hydrogen-bond acceptors (Lipinski definition) is 6. The number of nitrogens with zero attached hydrogens (tertiary/aromatic N) is 3. The minimum atomic E-state index is -4.20. The molecule has 0 atom stereocenters. The molecule has 28 heavy (non-hydrogen) atoms. The van der Waals surface area contributed by atoms with E-state index < -0.39 is 21.7 Å². The Labute approximate surface area is 164 Å². The monoisotopic (exact) mass is 424 g/mol. The van der Waals surface area contributed by atoms with Gasteiger partial charge in [0.05, 0.1) is 21.8 Å². The normalized spacial score (nSPS) is 11.2. The first-order valence-electron chi connectivity index (χ1n) is 7.87. The molecule has 0 bridgehead atoms. The molecule has 0 aliphatic heterocycles. The molecule has 0 aliphatic rings. The Balaban J connectivity index is 2.14. The van der Waals surface area contributed by atoms with Crippen molar-refractivity contribution in [2.45, 2.75) is 16.5 Å². The van der Waals surface area contributed by atoms with Gasteiger partial charge in [-0.25, -0.2) is 22.3 Å². The Kier molecular flexibility index (Phi) is 5.61. The smallest absolute Gasteiger partial charge is 0.407 e. The van der Waals surface area contributed by atoms with E-state index in [0.717, 1.165) is 23.1 Å². The van der Waals surface area contributed by atoms with E-state index in [4.69, 9.17) is 16.3 Å². The Morgan fingerprint density at radius 1 is 1.29 bits per heavy atom. The maximum Gasteiger partial charge on any atom is 0.407 e. The van der Waals surface area contributed by atoms with Gasteiger partial charge in [-0.3, -0.25) is 4.98 Å². The first-order valence-corrected chi connectivity index (χ1v) is 9.73. The van der Waals surface area contributed by atoms with Crippen LogP contribution < -0.4 is 5.32 Å². The lowest BCUT2D eigenvalue weighted by molar-refractivity contribution is 0.140. The van der Waals surface area contributed by atoms with E-state index in [0.29, 0.717) is 5.69 Å². The fourth-order valence-corrected chi connectivity index (χ4v) is 3.92. The van der Waals surface area contributed by atoms with Crippen LogP contribution in [0.2, 0.25) is 5.02 Å². The second-order valence-corrected chi connectivity index (χ2v) is 7.81. The number of aromatic nitrogens is 3. The number of nitrogens with one attached hydrogen (secondary N) is 1. The van der Waals surface area contributed by atoms with E-state index in [1.807, 2.05) is 0 Å². The molecular formula is C17H14ClFN4O4S. The first kappa shape index (κ1) is 19.8. The molecule has 2 heterocycles. The van der Waals surface area contributed by atoms with Crippen LogP contribution in [-0.2, 0) is 21.2 Å². The lowest BCUT2D eigenvalue weighted by atomic mass is 10.3. The van der Waals surface area contributed by atoms with Crippen molar-refractivity contribution in [1.82, 2.24) is 20.1 Å². The van der Waals surface area contributed by atoms with Crippen molar-refractivity contribution in [2.75, 3.05) is 7.05 Å². The van der Waals surface area contributed by atoms with E-state index in [1.165, 1.54) is 13.1 Å². The number of carbonyl (C=O) groups excluding carboxylic acids is 1. The molecule has 1 amide bonds. The molecule has 0 radical (unpaired) electrons. The summed E-state index contributed by atoms with van der Waals surface area (Å²) in [5.41, 5.74) is 0.449. The molecular weight excluding hydrogens is 411 g/mol. The quantitative estimate of drug-likeness (QED) is 0.675. The van der Waals surface area contributed by atoms with E-state index in [1.54, 1.807) is 24.3 Å². The van der Waals surface area contributed by atoms with Crippen LogP contribution in [0.25, 0.3) is 5.69 Å². The third-order valence-electron chi connectivity index (χ3n) is 3.63. The number of para-hydroxylation sites is 1. The van der Waals surface area contributed by atoms with Gasteiger partial charge >= 0.3 is 6.09 Å². The number of halogens is 2. The highest BCUT2D eigenvalue weighted by Gasteiger charge is 2.27. The minimum absolute atomic E-state index is 0.159. The number of pyridine rings is 1. The van der Waals surface area contributed by atoms with Crippen molar-refractivity contribution < 1.29 is 22.3 Å². The van der Waals surface area contributed by atoms with Crippen LogP contribution in [0.3, 0.4) is 0 Å². The van der Waals surface area contributed by atoms with E-state index in [-0.39, 0.29) is 27.2 Å². The summed E-state index contributed by atoms with van der Waals surface area (Å²) in [6, 6.07) is 8.56. The topological polar surface area (TPSA) is 103 Å². The van der Waals surface area contributed by atoms with Gasteiger partial charge in [-0.15, -0.1) is 0 Å². The Bertz CT molecular complexity index is 1130. The zero-order valence-corrected chi connectivity index (χ0v) is 16.0. The van der Waals surface area contributed by atoms with Crippen molar-refractivity contribution in [3.63, 3.8) is 0 Å². The van der Waals surface area contributed by atoms with Gasteiger partial charge in [0, 0.05) is 19.3 Å². The Morgan fingerprint density at radius 2 is 2.04 bits per heavy atom. The first-order chi connectivity index (χ1) is 13.3. The van der Waals surface area contributed by atoms with Gasteiger partial charge in [0.1, 0.15) is 18.1 Å². The molecule has 1 N–H and O–H groups in total. The fourth-order valence-electron chi connectivity index (χ4n) is 2.34. The van der Waals surface area contributed by atoms with Gasteiger partial charge in [-0.1, -0.05) is 23.7 Å². The number of sulfone groups is 1. The summed E-state index contributed by atoms with van der Waals surface area (Å²) < 4.78 is 45.7. The molecule has 0 fully saturated rings. The zero-order chi connectivity index (χ0) is 20.3. The summed E-state index contributed by atoms with van der Waals surface area (Å²) in [7, 11) is -2.81. The summed E-state index contributed by atoms with van der Waals surface area (Å²) in [6.45, 7) is -0.277. The molecule has 8 nitrogen and oxygen atoms in total. The third kappa shape index (κ3) is 3.97. The Morgan fingerprint density at radius 3 is 2.71 bits per heavy atom. The van der Waals surface area contributed by atoms with Gasteiger partial charge in [0.15, 0.2) is 5.03 Å². The molecule has 0 saturated heterocycles. The van der Waals surface area contributed by atoms with Gasteiger partial charge in [0.25, 0.3) is 0 Å². The SMILES string of the molecule is CNC(=O)OCc1cc(S(=O)(=O)c2cncc(F)c2)n(-c2ccccc2Cl)n1. The summed E-state index contributed by atoms with van der Waals surface area (Å²) in [5, 5.41) is 6.44. The molecule has 3 rings (SSSR count). The zero-order valence-electron chi connectivity index (χ0n) is 14.5. The summed E-state index contributed by atoms with van der Waals surface area (Å²) in [4.78, 5) is 14.5.